The molecule has 4 unspecified atom stereocenters. The van der Waals surface area contributed by atoms with Gasteiger partial charge in [-0.25, -0.2) is 0 Å². The monoisotopic (exact) mass is 254 g/mol. The van der Waals surface area contributed by atoms with Gasteiger partial charge in [-0.05, 0) is 38.5 Å². The summed E-state index contributed by atoms with van der Waals surface area (Å²) in [5.41, 5.74) is 6.32. The molecule has 2 aliphatic rings. The molecule has 0 amide bonds. The van der Waals surface area contributed by atoms with E-state index in [1.54, 1.807) is 0 Å². The van der Waals surface area contributed by atoms with Crippen molar-refractivity contribution in [3.05, 3.63) is 0 Å². The van der Waals surface area contributed by atoms with Crippen molar-refractivity contribution in [3.8, 4) is 0 Å². The lowest BCUT2D eigenvalue weighted by atomic mass is 9.75. The highest BCUT2D eigenvalue weighted by Gasteiger charge is 2.47. The van der Waals surface area contributed by atoms with Gasteiger partial charge in [-0.15, -0.1) is 0 Å². The van der Waals surface area contributed by atoms with Gasteiger partial charge < -0.3 is 10.5 Å². The highest BCUT2D eigenvalue weighted by molar-refractivity contribution is 5.03. The van der Waals surface area contributed by atoms with Crippen LogP contribution in [0.1, 0.15) is 52.4 Å². The molecule has 0 bridgehead atoms. The number of rotatable bonds is 3. The average Bonchev–Trinajstić information content (AvgIpc) is 2.41. The van der Waals surface area contributed by atoms with E-state index in [2.05, 4.69) is 18.7 Å². The zero-order valence-electron chi connectivity index (χ0n) is 12.3. The fourth-order valence-corrected chi connectivity index (χ4v) is 4.12. The van der Waals surface area contributed by atoms with Crippen molar-refractivity contribution >= 4 is 0 Å². The van der Waals surface area contributed by atoms with Gasteiger partial charge in [-0.1, -0.05) is 19.8 Å². The lowest BCUT2D eigenvalue weighted by molar-refractivity contribution is -0.104. The van der Waals surface area contributed by atoms with Crippen molar-refractivity contribution in [1.29, 1.82) is 0 Å². The van der Waals surface area contributed by atoms with Crippen LogP contribution in [0.2, 0.25) is 0 Å². The quantitative estimate of drug-likeness (QED) is 0.840. The summed E-state index contributed by atoms with van der Waals surface area (Å²) in [5.74, 6) is 0.795. The molecule has 1 heterocycles. The summed E-state index contributed by atoms with van der Waals surface area (Å²) in [6.45, 7) is 6.67. The molecule has 1 saturated carbocycles. The van der Waals surface area contributed by atoms with Gasteiger partial charge in [0.25, 0.3) is 0 Å². The first-order valence-corrected chi connectivity index (χ1v) is 7.63. The molecule has 1 aliphatic carbocycles. The van der Waals surface area contributed by atoms with E-state index in [0.29, 0.717) is 12.1 Å². The predicted molar refractivity (Wildman–Crippen MR) is 75.6 cm³/mol. The zero-order chi connectivity index (χ0) is 13.2. The number of likely N-dealkylation sites (tertiary alicyclic amines) is 1. The number of ether oxygens (including phenoxy) is 1. The Hall–Kier alpha value is -0.120. The van der Waals surface area contributed by atoms with Crippen LogP contribution in [0.25, 0.3) is 0 Å². The molecule has 2 fully saturated rings. The number of methoxy groups -OCH3 is 1. The van der Waals surface area contributed by atoms with Gasteiger partial charge in [0.1, 0.15) is 0 Å². The first-order valence-electron chi connectivity index (χ1n) is 7.63. The third-order valence-electron chi connectivity index (χ3n) is 5.25. The lowest BCUT2D eigenvalue weighted by Crippen LogP contribution is -2.66. The summed E-state index contributed by atoms with van der Waals surface area (Å²) in [6, 6.07) is 0.653. The van der Waals surface area contributed by atoms with Crippen LogP contribution in [-0.2, 0) is 4.74 Å². The standard InChI is InChI=1S/C15H30N2O/c1-12-7-8-13(2)17(10-12)15(11-16)9-5-4-6-14(15)18-3/h12-14H,4-11,16H2,1-3H3. The number of nitrogens with zero attached hydrogens (tertiary/aromatic N) is 1. The minimum Gasteiger partial charge on any atom is -0.379 e. The van der Waals surface area contributed by atoms with Crippen LogP contribution in [-0.4, -0.2) is 42.8 Å². The van der Waals surface area contributed by atoms with Gasteiger partial charge in [-0.2, -0.15) is 0 Å². The number of piperidine rings is 1. The zero-order valence-corrected chi connectivity index (χ0v) is 12.3. The Morgan fingerprint density at radius 2 is 2.00 bits per heavy atom. The Balaban J connectivity index is 2.22. The van der Waals surface area contributed by atoms with E-state index in [9.17, 15) is 0 Å². The molecule has 2 N–H and O–H groups in total. The molecular formula is C15H30N2O. The fourth-order valence-electron chi connectivity index (χ4n) is 4.12. The van der Waals surface area contributed by atoms with E-state index in [-0.39, 0.29) is 5.54 Å². The third kappa shape index (κ3) is 2.45. The minimum absolute atomic E-state index is 0.0983. The number of hydrogen-bond acceptors (Lipinski definition) is 3. The Bertz CT molecular complexity index is 271. The molecular weight excluding hydrogens is 224 g/mol. The Kier molecular flexibility index (Phi) is 4.68. The first-order chi connectivity index (χ1) is 8.64. The SMILES string of the molecule is COC1CCCCC1(CN)N1CC(C)CCC1C. The van der Waals surface area contributed by atoms with E-state index in [1.807, 2.05) is 7.11 Å². The molecule has 1 saturated heterocycles. The van der Waals surface area contributed by atoms with Gasteiger partial charge >= 0.3 is 0 Å². The Morgan fingerprint density at radius 3 is 2.67 bits per heavy atom. The van der Waals surface area contributed by atoms with Gasteiger partial charge in [0.15, 0.2) is 0 Å². The summed E-state index contributed by atoms with van der Waals surface area (Å²) < 4.78 is 5.81. The molecule has 0 aromatic rings. The van der Waals surface area contributed by atoms with Crippen LogP contribution in [0.4, 0.5) is 0 Å². The molecule has 18 heavy (non-hydrogen) atoms. The van der Waals surface area contributed by atoms with Crippen LogP contribution in [0, 0.1) is 5.92 Å². The van der Waals surface area contributed by atoms with Crippen LogP contribution in [0.15, 0.2) is 0 Å². The summed E-state index contributed by atoms with van der Waals surface area (Å²) >= 11 is 0. The normalized spacial score (nSPS) is 43.0. The van der Waals surface area contributed by atoms with Crippen LogP contribution in [0.5, 0.6) is 0 Å². The molecule has 0 aromatic carbocycles. The third-order valence-corrected chi connectivity index (χ3v) is 5.25. The van der Waals surface area contributed by atoms with Crippen molar-refractivity contribution in [2.75, 3.05) is 20.2 Å². The first kappa shape index (κ1) is 14.3. The molecule has 0 spiro atoms. The van der Waals surface area contributed by atoms with Crippen LogP contribution < -0.4 is 5.73 Å². The Morgan fingerprint density at radius 1 is 1.22 bits per heavy atom. The molecule has 0 aromatic heterocycles. The average molecular weight is 254 g/mol. The van der Waals surface area contributed by atoms with Gasteiger partial charge in [0.2, 0.25) is 0 Å². The number of hydrogen-bond donors (Lipinski definition) is 1. The molecule has 106 valence electrons. The molecule has 2 rings (SSSR count). The Labute approximate surface area is 112 Å². The smallest absolute Gasteiger partial charge is 0.0767 e. The van der Waals surface area contributed by atoms with Crippen molar-refractivity contribution in [2.45, 2.75) is 70.1 Å². The largest absolute Gasteiger partial charge is 0.379 e. The van der Waals surface area contributed by atoms with E-state index >= 15 is 0 Å². The summed E-state index contributed by atoms with van der Waals surface area (Å²) in [4.78, 5) is 2.69. The van der Waals surface area contributed by atoms with E-state index in [0.717, 1.165) is 12.5 Å². The molecule has 0 radical (unpaired) electrons. The highest BCUT2D eigenvalue weighted by Crippen LogP contribution is 2.39. The van der Waals surface area contributed by atoms with Crippen LogP contribution in [0.3, 0.4) is 0 Å². The second kappa shape index (κ2) is 5.89. The second-order valence-corrected chi connectivity index (χ2v) is 6.46. The van der Waals surface area contributed by atoms with Gasteiger partial charge in [0, 0.05) is 26.2 Å². The van der Waals surface area contributed by atoms with Crippen molar-refractivity contribution in [2.24, 2.45) is 11.7 Å². The maximum Gasteiger partial charge on any atom is 0.0767 e. The van der Waals surface area contributed by atoms with Crippen molar-refractivity contribution in [3.63, 3.8) is 0 Å². The molecule has 3 nitrogen and oxygen atoms in total. The van der Waals surface area contributed by atoms with Crippen molar-refractivity contribution in [1.82, 2.24) is 4.90 Å². The number of nitrogens with two attached hydrogens (primary N) is 1. The summed E-state index contributed by atoms with van der Waals surface area (Å²) in [7, 11) is 1.86. The van der Waals surface area contributed by atoms with E-state index in [1.165, 1.54) is 45.1 Å². The lowest BCUT2D eigenvalue weighted by Gasteiger charge is -2.55. The van der Waals surface area contributed by atoms with Crippen LogP contribution >= 0.6 is 0 Å². The summed E-state index contributed by atoms with van der Waals surface area (Å²) in [5, 5.41) is 0. The van der Waals surface area contributed by atoms with E-state index in [4.69, 9.17) is 10.5 Å². The maximum atomic E-state index is 6.22. The summed E-state index contributed by atoms with van der Waals surface area (Å²) in [6.07, 6.45) is 7.95. The maximum absolute atomic E-state index is 6.22. The molecule has 4 atom stereocenters. The predicted octanol–water partition coefficient (Wildman–Crippen LogP) is 2.39. The molecule has 1 aliphatic heterocycles. The van der Waals surface area contributed by atoms with Gasteiger partial charge in [-0.3, -0.25) is 4.90 Å². The second-order valence-electron chi connectivity index (χ2n) is 6.46. The molecule has 3 heteroatoms. The van der Waals surface area contributed by atoms with E-state index < -0.39 is 0 Å². The topological polar surface area (TPSA) is 38.5 Å². The van der Waals surface area contributed by atoms with Gasteiger partial charge in [0.05, 0.1) is 11.6 Å². The fraction of sp³-hybridized carbons (Fsp3) is 1.00. The minimum atomic E-state index is 0.0983. The van der Waals surface area contributed by atoms with Crippen molar-refractivity contribution < 1.29 is 4.74 Å². The highest BCUT2D eigenvalue weighted by atomic mass is 16.5.